The number of carboxylic acid groups (broad SMARTS) is 1. The zero-order valence-corrected chi connectivity index (χ0v) is 10.2. The number of halogens is 3. The molecule has 0 unspecified atom stereocenters. The van der Waals surface area contributed by atoms with Crippen molar-refractivity contribution in [3.63, 3.8) is 0 Å². The van der Waals surface area contributed by atoms with Crippen LogP contribution in [-0.2, 0) is 12.7 Å². The molecule has 0 aliphatic rings. The van der Waals surface area contributed by atoms with Crippen LogP contribution in [0, 0.1) is 0 Å². The van der Waals surface area contributed by atoms with Crippen LogP contribution in [0.4, 0.5) is 13.2 Å². The molecule has 0 saturated heterocycles. The lowest BCUT2D eigenvalue weighted by Gasteiger charge is -2.11. The lowest BCUT2D eigenvalue weighted by atomic mass is 10.2. The highest BCUT2D eigenvalue weighted by molar-refractivity contribution is 6.01. The average Bonchev–Trinajstić information content (AvgIpc) is 2.74. The van der Waals surface area contributed by atoms with Crippen LogP contribution in [-0.4, -0.2) is 32.3 Å². The molecule has 2 rings (SSSR count). The number of rotatable bonds is 4. The van der Waals surface area contributed by atoms with Gasteiger partial charge in [-0.25, -0.2) is 9.78 Å². The molecule has 0 bridgehead atoms. The summed E-state index contributed by atoms with van der Waals surface area (Å²) < 4.78 is 39.7. The topological polar surface area (TPSA) is 75.3 Å². The van der Waals surface area contributed by atoms with Gasteiger partial charge in [0.05, 0.1) is 16.6 Å². The summed E-state index contributed by atoms with van der Waals surface area (Å²) in [4.78, 5) is 14.6. The summed E-state index contributed by atoms with van der Waals surface area (Å²) in [5.74, 6) is -2.48. The lowest BCUT2D eigenvalue weighted by molar-refractivity contribution is -0.147. The van der Waals surface area contributed by atoms with E-state index >= 15 is 0 Å². The van der Waals surface area contributed by atoms with Crippen molar-refractivity contribution in [3.8, 4) is 0 Å². The van der Waals surface area contributed by atoms with Crippen molar-refractivity contribution >= 4 is 17.0 Å². The molecule has 0 fully saturated rings. The number of carbonyl (C=O) groups is 1. The summed E-state index contributed by atoms with van der Waals surface area (Å²) >= 11 is 0. The first kappa shape index (κ1) is 14.3. The molecule has 1 aromatic carbocycles. The van der Waals surface area contributed by atoms with Gasteiger partial charge in [0.1, 0.15) is 0 Å². The van der Waals surface area contributed by atoms with Gasteiger partial charge in [-0.05, 0) is 18.6 Å². The van der Waals surface area contributed by atoms with E-state index in [1.54, 1.807) is 0 Å². The highest BCUT2D eigenvalue weighted by atomic mass is 19.4. The minimum atomic E-state index is -4.69. The molecule has 5 nitrogen and oxygen atoms in total. The smallest absolute Gasteiger partial charge is 0.449 e. The largest absolute Gasteiger partial charge is 0.478 e. The first-order chi connectivity index (χ1) is 9.36. The normalized spacial score (nSPS) is 12.0. The standard InChI is InChI=1S/C12H11F3N2O3/c13-12(14,15)11-16-8-4-1-3-7(10(19)20)9(8)17(11)5-2-6-18/h1,3-4,18H,2,5-6H2,(H,19,20). The van der Waals surface area contributed by atoms with Crippen LogP contribution in [0.15, 0.2) is 18.2 Å². The second kappa shape index (κ2) is 5.12. The van der Waals surface area contributed by atoms with E-state index in [9.17, 15) is 18.0 Å². The number of aryl methyl sites for hydroxylation is 1. The van der Waals surface area contributed by atoms with Crippen molar-refractivity contribution in [1.29, 1.82) is 0 Å². The summed E-state index contributed by atoms with van der Waals surface area (Å²) in [6, 6.07) is 3.89. The quantitative estimate of drug-likeness (QED) is 0.903. The molecule has 1 aromatic heterocycles. The molecule has 0 aliphatic heterocycles. The van der Waals surface area contributed by atoms with Gasteiger partial charge in [-0.1, -0.05) is 6.07 Å². The minimum absolute atomic E-state index is 0.0323. The third kappa shape index (κ3) is 2.46. The molecule has 0 amide bonds. The fourth-order valence-electron chi connectivity index (χ4n) is 2.02. The number of hydrogen-bond donors (Lipinski definition) is 2. The van der Waals surface area contributed by atoms with Gasteiger partial charge in [0.25, 0.3) is 0 Å². The second-order valence-corrected chi connectivity index (χ2v) is 4.14. The van der Waals surface area contributed by atoms with Gasteiger partial charge in [0.2, 0.25) is 5.82 Å². The summed E-state index contributed by atoms with van der Waals surface area (Å²) in [6.07, 6.45) is -4.62. The van der Waals surface area contributed by atoms with E-state index < -0.39 is 18.0 Å². The molecule has 0 saturated carbocycles. The third-order valence-corrected chi connectivity index (χ3v) is 2.79. The molecule has 2 aromatic rings. The van der Waals surface area contributed by atoms with Crippen molar-refractivity contribution in [2.24, 2.45) is 0 Å². The van der Waals surface area contributed by atoms with Crippen LogP contribution in [0.25, 0.3) is 11.0 Å². The third-order valence-electron chi connectivity index (χ3n) is 2.79. The van der Waals surface area contributed by atoms with Crippen molar-refractivity contribution < 1.29 is 28.2 Å². The van der Waals surface area contributed by atoms with E-state index in [0.717, 1.165) is 4.57 Å². The zero-order chi connectivity index (χ0) is 14.9. The molecule has 0 radical (unpaired) electrons. The average molecular weight is 288 g/mol. The van der Waals surface area contributed by atoms with E-state index in [-0.39, 0.29) is 36.2 Å². The van der Waals surface area contributed by atoms with Crippen molar-refractivity contribution in [1.82, 2.24) is 9.55 Å². The number of fused-ring (bicyclic) bond motifs is 1. The van der Waals surface area contributed by atoms with Gasteiger partial charge in [0.15, 0.2) is 0 Å². The summed E-state index contributed by atoms with van der Waals surface area (Å²) in [5.41, 5.74) is -0.362. The highest BCUT2D eigenvalue weighted by Crippen LogP contribution is 2.32. The number of aliphatic hydroxyl groups excluding tert-OH is 1. The van der Waals surface area contributed by atoms with Gasteiger partial charge >= 0.3 is 12.1 Å². The van der Waals surface area contributed by atoms with Crippen molar-refractivity contribution in [2.75, 3.05) is 6.61 Å². The fraction of sp³-hybridized carbons (Fsp3) is 0.333. The number of para-hydroxylation sites is 1. The molecule has 0 spiro atoms. The van der Waals surface area contributed by atoms with Gasteiger partial charge in [-0.3, -0.25) is 0 Å². The van der Waals surface area contributed by atoms with E-state index in [2.05, 4.69) is 4.98 Å². The maximum atomic E-state index is 13.0. The summed E-state index contributed by atoms with van der Waals surface area (Å²) in [7, 11) is 0. The highest BCUT2D eigenvalue weighted by Gasteiger charge is 2.38. The Kier molecular flexibility index (Phi) is 3.67. The first-order valence-corrected chi connectivity index (χ1v) is 5.77. The zero-order valence-electron chi connectivity index (χ0n) is 10.2. The number of aromatic carboxylic acids is 1. The second-order valence-electron chi connectivity index (χ2n) is 4.14. The number of aromatic nitrogens is 2. The summed E-state index contributed by atoms with van der Waals surface area (Å²) in [6.45, 7) is -0.460. The Hall–Kier alpha value is -2.09. The Balaban J connectivity index is 2.75. The maximum Gasteiger partial charge on any atom is 0.449 e. The van der Waals surface area contributed by atoms with Crippen LogP contribution in [0.2, 0.25) is 0 Å². The van der Waals surface area contributed by atoms with Crippen molar-refractivity contribution in [2.45, 2.75) is 19.1 Å². The molecular weight excluding hydrogens is 277 g/mol. The predicted molar refractivity (Wildman–Crippen MR) is 63.4 cm³/mol. The number of alkyl halides is 3. The molecular formula is C12H11F3N2O3. The molecule has 108 valence electrons. The van der Waals surface area contributed by atoms with E-state index in [4.69, 9.17) is 10.2 Å². The van der Waals surface area contributed by atoms with Crippen LogP contribution < -0.4 is 0 Å². The SMILES string of the molecule is O=C(O)c1cccc2nc(C(F)(F)F)n(CCCO)c12. The molecule has 0 aliphatic carbocycles. The molecule has 8 heteroatoms. The Morgan fingerprint density at radius 3 is 2.60 bits per heavy atom. The van der Waals surface area contributed by atoms with Gasteiger partial charge in [0, 0.05) is 13.2 Å². The van der Waals surface area contributed by atoms with Gasteiger partial charge < -0.3 is 14.8 Å². The Morgan fingerprint density at radius 2 is 2.05 bits per heavy atom. The van der Waals surface area contributed by atoms with Crippen LogP contribution in [0.1, 0.15) is 22.6 Å². The molecule has 2 N–H and O–H groups in total. The minimum Gasteiger partial charge on any atom is -0.478 e. The first-order valence-electron chi connectivity index (χ1n) is 5.77. The summed E-state index contributed by atoms with van der Waals surface area (Å²) in [5, 5.41) is 17.9. The number of benzene rings is 1. The van der Waals surface area contributed by atoms with Gasteiger partial charge in [-0.2, -0.15) is 13.2 Å². The van der Waals surface area contributed by atoms with E-state index in [1.807, 2.05) is 0 Å². The fourth-order valence-corrected chi connectivity index (χ4v) is 2.02. The molecule has 1 heterocycles. The number of aliphatic hydroxyl groups is 1. The van der Waals surface area contributed by atoms with Crippen molar-refractivity contribution in [3.05, 3.63) is 29.6 Å². The van der Waals surface area contributed by atoms with Crippen LogP contribution in [0.5, 0.6) is 0 Å². The van der Waals surface area contributed by atoms with Gasteiger partial charge in [-0.15, -0.1) is 0 Å². The predicted octanol–water partition coefficient (Wildman–Crippen LogP) is 2.14. The van der Waals surface area contributed by atoms with E-state index in [0.29, 0.717) is 0 Å². The Morgan fingerprint density at radius 1 is 1.35 bits per heavy atom. The number of carboxylic acids is 1. The Bertz CT molecular complexity index is 649. The molecule has 20 heavy (non-hydrogen) atoms. The maximum absolute atomic E-state index is 13.0. The lowest BCUT2D eigenvalue weighted by Crippen LogP contribution is -2.16. The number of nitrogens with zero attached hydrogens (tertiary/aromatic N) is 2. The number of hydrogen-bond acceptors (Lipinski definition) is 3. The Labute approximate surface area is 111 Å². The van der Waals surface area contributed by atoms with Crippen LogP contribution in [0.3, 0.4) is 0 Å². The van der Waals surface area contributed by atoms with Crippen LogP contribution >= 0.6 is 0 Å². The van der Waals surface area contributed by atoms with E-state index in [1.165, 1.54) is 18.2 Å². The monoisotopic (exact) mass is 288 g/mol. The number of imidazole rings is 1. The molecule has 0 atom stereocenters.